The van der Waals surface area contributed by atoms with Crippen LogP contribution in [0.4, 0.5) is 11.6 Å². The van der Waals surface area contributed by atoms with Gasteiger partial charge < -0.3 is 15.2 Å². The summed E-state index contributed by atoms with van der Waals surface area (Å²) < 4.78 is 4.69. The number of hydrogen-bond acceptors (Lipinski definition) is 5. The minimum absolute atomic E-state index is 0.256. The van der Waals surface area contributed by atoms with Crippen LogP contribution in [-0.4, -0.2) is 23.1 Å². The first-order valence-corrected chi connectivity index (χ1v) is 6.07. The lowest BCUT2D eigenvalue weighted by molar-refractivity contribution is 0.102. The molecule has 1 amide bonds. The maximum atomic E-state index is 12.3. The van der Waals surface area contributed by atoms with Gasteiger partial charge >= 0.3 is 0 Å². The maximum Gasteiger partial charge on any atom is 0.257 e. The van der Waals surface area contributed by atoms with Crippen LogP contribution in [0, 0.1) is 0 Å². The van der Waals surface area contributed by atoms with Crippen molar-refractivity contribution in [1.29, 1.82) is 0 Å². The average Bonchev–Trinajstić information content (AvgIpc) is 2.98. The minimum atomic E-state index is -0.256. The van der Waals surface area contributed by atoms with Crippen LogP contribution in [0.1, 0.15) is 10.4 Å². The largest absolute Gasteiger partial charge is 0.373 e. The lowest BCUT2D eigenvalue weighted by Gasteiger charge is -2.08. The highest BCUT2D eigenvalue weighted by Crippen LogP contribution is 2.21. The Hall–Kier alpha value is -2.89. The van der Waals surface area contributed by atoms with Crippen LogP contribution in [0.15, 0.2) is 47.2 Å². The Bertz CT molecular complexity index is 753. The van der Waals surface area contributed by atoms with E-state index >= 15 is 0 Å². The van der Waals surface area contributed by atoms with E-state index in [0.29, 0.717) is 17.2 Å². The average molecular weight is 268 g/mol. The first kappa shape index (κ1) is 12.2. The third kappa shape index (κ3) is 2.18. The normalized spacial score (nSPS) is 10.4. The Kier molecular flexibility index (Phi) is 3.04. The van der Waals surface area contributed by atoms with Crippen molar-refractivity contribution in [3.8, 4) is 0 Å². The molecule has 0 aliphatic rings. The Morgan fingerprint density at radius 2 is 2.05 bits per heavy atom. The van der Waals surface area contributed by atoms with Crippen LogP contribution in [0.2, 0.25) is 0 Å². The molecule has 0 saturated heterocycles. The van der Waals surface area contributed by atoms with Crippen molar-refractivity contribution in [2.45, 2.75) is 0 Å². The lowest BCUT2D eigenvalue weighted by Crippen LogP contribution is -2.13. The van der Waals surface area contributed by atoms with Gasteiger partial charge in [0.25, 0.3) is 5.91 Å². The standard InChI is InChI=1S/C14H12N4O2/c1-15-13-8-10(9-4-2-3-5-11(9)16-13)14(19)17-12-6-7-20-18-12/h2-8H,1H3,(H,15,16)(H,17,18,19). The lowest BCUT2D eigenvalue weighted by atomic mass is 10.1. The summed E-state index contributed by atoms with van der Waals surface area (Å²) in [6.07, 6.45) is 1.40. The van der Waals surface area contributed by atoms with E-state index in [1.54, 1.807) is 19.2 Å². The number of rotatable bonds is 3. The quantitative estimate of drug-likeness (QED) is 0.763. The Balaban J connectivity index is 2.07. The van der Waals surface area contributed by atoms with Gasteiger partial charge in [-0.3, -0.25) is 4.79 Å². The molecule has 0 saturated carbocycles. The number of anilines is 2. The molecule has 3 rings (SSSR count). The Morgan fingerprint density at radius 1 is 1.20 bits per heavy atom. The van der Waals surface area contributed by atoms with E-state index in [9.17, 15) is 4.79 Å². The fourth-order valence-electron chi connectivity index (χ4n) is 1.95. The summed E-state index contributed by atoms with van der Waals surface area (Å²) >= 11 is 0. The molecule has 0 unspecified atom stereocenters. The van der Waals surface area contributed by atoms with Gasteiger partial charge in [-0.1, -0.05) is 23.4 Å². The van der Waals surface area contributed by atoms with Gasteiger partial charge in [-0.05, 0) is 12.1 Å². The predicted molar refractivity (Wildman–Crippen MR) is 75.7 cm³/mol. The zero-order valence-electron chi connectivity index (χ0n) is 10.8. The molecule has 0 spiro atoms. The van der Waals surface area contributed by atoms with Crippen molar-refractivity contribution in [1.82, 2.24) is 10.1 Å². The summed E-state index contributed by atoms with van der Waals surface area (Å²) in [6.45, 7) is 0. The molecule has 0 aliphatic heterocycles. The van der Waals surface area contributed by atoms with E-state index in [0.717, 1.165) is 10.9 Å². The van der Waals surface area contributed by atoms with Gasteiger partial charge in [0.1, 0.15) is 12.1 Å². The molecular formula is C14H12N4O2. The molecule has 0 fully saturated rings. The number of fused-ring (bicyclic) bond motifs is 1. The molecule has 0 atom stereocenters. The van der Waals surface area contributed by atoms with E-state index in [1.807, 2.05) is 24.3 Å². The summed E-state index contributed by atoms with van der Waals surface area (Å²) in [6, 6.07) is 10.8. The second kappa shape index (κ2) is 5.00. The van der Waals surface area contributed by atoms with Gasteiger partial charge in [0.2, 0.25) is 0 Å². The van der Waals surface area contributed by atoms with E-state index in [1.165, 1.54) is 6.26 Å². The number of nitrogens with zero attached hydrogens (tertiary/aromatic N) is 2. The van der Waals surface area contributed by atoms with Crippen molar-refractivity contribution in [2.24, 2.45) is 0 Å². The van der Waals surface area contributed by atoms with Crippen LogP contribution >= 0.6 is 0 Å². The fraction of sp³-hybridized carbons (Fsp3) is 0.0714. The van der Waals surface area contributed by atoms with Crippen LogP contribution in [0.25, 0.3) is 10.9 Å². The highest BCUT2D eigenvalue weighted by Gasteiger charge is 2.13. The Morgan fingerprint density at radius 3 is 2.80 bits per heavy atom. The van der Waals surface area contributed by atoms with Crippen molar-refractivity contribution in [2.75, 3.05) is 17.7 Å². The monoisotopic (exact) mass is 268 g/mol. The molecular weight excluding hydrogens is 256 g/mol. The van der Waals surface area contributed by atoms with Crippen LogP contribution < -0.4 is 10.6 Å². The summed E-state index contributed by atoms with van der Waals surface area (Å²) in [5, 5.41) is 10.1. The second-order valence-electron chi connectivity index (χ2n) is 4.16. The SMILES string of the molecule is CNc1cc(C(=O)Nc2ccon2)c2ccccc2n1. The first-order chi connectivity index (χ1) is 9.78. The van der Waals surface area contributed by atoms with Crippen molar-refractivity contribution in [3.63, 3.8) is 0 Å². The number of aromatic nitrogens is 2. The predicted octanol–water partition coefficient (Wildman–Crippen LogP) is 2.52. The third-order valence-electron chi connectivity index (χ3n) is 2.90. The molecule has 6 nitrogen and oxygen atoms in total. The molecule has 0 bridgehead atoms. The molecule has 20 heavy (non-hydrogen) atoms. The van der Waals surface area contributed by atoms with Gasteiger partial charge in [0, 0.05) is 18.5 Å². The maximum absolute atomic E-state index is 12.3. The Labute approximate surface area is 114 Å². The van der Waals surface area contributed by atoms with Crippen LogP contribution in [-0.2, 0) is 0 Å². The number of benzene rings is 1. The molecule has 0 radical (unpaired) electrons. The molecule has 6 heteroatoms. The highest BCUT2D eigenvalue weighted by atomic mass is 16.5. The van der Waals surface area contributed by atoms with Crippen LogP contribution in [0.5, 0.6) is 0 Å². The molecule has 2 N–H and O–H groups in total. The van der Waals surface area contributed by atoms with E-state index in [2.05, 4.69) is 20.8 Å². The van der Waals surface area contributed by atoms with Gasteiger partial charge in [0.05, 0.1) is 11.1 Å². The number of amides is 1. The zero-order valence-corrected chi connectivity index (χ0v) is 10.8. The third-order valence-corrected chi connectivity index (χ3v) is 2.90. The van der Waals surface area contributed by atoms with Gasteiger partial charge in [-0.2, -0.15) is 0 Å². The summed E-state index contributed by atoms with van der Waals surface area (Å²) in [4.78, 5) is 16.8. The van der Waals surface area contributed by atoms with E-state index in [-0.39, 0.29) is 5.91 Å². The fourth-order valence-corrected chi connectivity index (χ4v) is 1.95. The van der Waals surface area contributed by atoms with Crippen molar-refractivity contribution >= 4 is 28.4 Å². The molecule has 0 aliphatic carbocycles. The minimum Gasteiger partial charge on any atom is -0.373 e. The molecule has 2 heterocycles. The van der Waals surface area contributed by atoms with Gasteiger partial charge in [0.15, 0.2) is 5.82 Å². The number of hydrogen-bond donors (Lipinski definition) is 2. The highest BCUT2D eigenvalue weighted by molar-refractivity contribution is 6.12. The molecule has 3 aromatic rings. The number of nitrogens with one attached hydrogen (secondary N) is 2. The molecule has 2 aromatic heterocycles. The van der Waals surface area contributed by atoms with Gasteiger partial charge in [-0.15, -0.1) is 0 Å². The van der Waals surface area contributed by atoms with E-state index < -0.39 is 0 Å². The number of para-hydroxylation sites is 1. The van der Waals surface area contributed by atoms with Crippen LogP contribution in [0.3, 0.4) is 0 Å². The summed E-state index contributed by atoms with van der Waals surface area (Å²) in [7, 11) is 1.76. The zero-order chi connectivity index (χ0) is 13.9. The number of pyridine rings is 1. The first-order valence-electron chi connectivity index (χ1n) is 6.07. The smallest absolute Gasteiger partial charge is 0.257 e. The number of carbonyl (C=O) groups is 1. The van der Waals surface area contributed by atoms with Crippen molar-refractivity contribution in [3.05, 3.63) is 48.2 Å². The summed E-state index contributed by atoms with van der Waals surface area (Å²) in [5.74, 6) is 0.755. The second-order valence-corrected chi connectivity index (χ2v) is 4.16. The van der Waals surface area contributed by atoms with E-state index in [4.69, 9.17) is 4.52 Å². The topological polar surface area (TPSA) is 80.0 Å². The molecule has 1 aromatic carbocycles. The number of carbonyl (C=O) groups excluding carboxylic acids is 1. The van der Waals surface area contributed by atoms with Gasteiger partial charge in [-0.25, -0.2) is 4.98 Å². The summed E-state index contributed by atoms with van der Waals surface area (Å²) in [5.41, 5.74) is 1.28. The van der Waals surface area contributed by atoms with Crippen molar-refractivity contribution < 1.29 is 9.32 Å². The molecule has 100 valence electrons.